The average Bonchev–Trinajstić information content (AvgIpc) is 2.43. The van der Waals surface area contributed by atoms with Crippen LogP contribution in [0, 0.1) is 6.92 Å². The number of rotatable bonds is 3. The van der Waals surface area contributed by atoms with Gasteiger partial charge in [0.15, 0.2) is 9.84 Å². The summed E-state index contributed by atoms with van der Waals surface area (Å²) in [5, 5.41) is -0.553. The van der Waals surface area contributed by atoms with E-state index in [1.54, 1.807) is 6.92 Å². The molecule has 15 heavy (non-hydrogen) atoms. The lowest BCUT2D eigenvalue weighted by Crippen LogP contribution is -2.29. The minimum atomic E-state index is -3.09. The summed E-state index contributed by atoms with van der Waals surface area (Å²) < 4.78 is 23.7. The maximum Gasteiger partial charge on any atom is 0.151 e. The highest BCUT2D eigenvalue weighted by molar-refractivity contribution is 9.10. The molecule has 2 unspecified atom stereocenters. The van der Waals surface area contributed by atoms with E-state index >= 15 is 0 Å². The van der Waals surface area contributed by atoms with E-state index in [9.17, 15) is 8.42 Å². The van der Waals surface area contributed by atoms with Crippen molar-refractivity contribution in [3.63, 3.8) is 0 Å². The summed E-state index contributed by atoms with van der Waals surface area (Å²) in [5.74, 6) is 0. The van der Waals surface area contributed by atoms with Crippen molar-refractivity contribution in [2.75, 3.05) is 6.26 Å². The molecule has 0 aliphatic rings. The lowest BCUT2D eigenvalue weighted by atomic mass is 10.2. The highest BCUT2D eigenvalue weighted by atomic mass is 79.9. The van der Waals surface area contributed by atoms with Gasteiger partial charge in [0.25, 0.3) is 0 Å². The molecule has 0 saturated carbocycles. The molecule has 0 saturated heterocycles. The molecule has 3 nitrogen and oxygen atoms in total. The van der Waals surface area contributed by atoms with Gasteiger partial charge in [0.1, 0.15) is 0 Å². The van der Waals surface area contributed by atoms with Gasteiger partial charge in [-0.2, -0.15) is 0 Å². The summed E-state index contributed by atoms with van der Waals surface area (Å²) in [6, 6.07) is 1.45. The van der Waals surface area contributed by atoms with E-state index in [-0.39, 0.29) is 0 Å². The minimum absolute atomic E-state index is 0.449. The van der Waals surface area contributed by atoms with E-state index in [2.05, 4.69) is 15.9 Å². The molecule has 1 aromatic rings. The number of aryl methyl sites for hydroxylation is 1. The Bertz CT molecular complexity index is 433. The van der Waals surface area contributed by atoms with Gasteiger partial charge in [-0.25, -0.2) is 8.42 Å². The number of halogens is 1. The summed E-state index contributed by atoms with van der Waals surface area (Å²) in [4.78, 5) is 2.01. The van der Waals surface area contributed by atoms with Crippen LogP contribution in [0.4, 0.5) is 0 Å². The van der Waals surface area contributed by atoms with Crippen LogP contribution in [0.3, 0.4) is 0 Å². The second-order valence-electron chi connectivity index (χ2n) is 3.61. The van der Waals surface area contributed by atoms with Crippen molar-refractivity contribution in [3.8, 4) is 0 Å². The van der Waals surface area contributed by atoms with Gasteiger partial charge in [-0.1, -0.05) is 0 Å². The first kappa shape index (κ1) is 13.2. The number of nitrogens with two attached hydrogens (primary N) is 1. The Morgan fingerprint density at radius 2 is 2.07 bits per heavy atom. The molecule has 0 radical (unpaired) electrons. The highest BCUT2D eigenvalue weighted by Crippen LogP contribution is 2.32. The highest BCUT2D eigenvalue weighted by Gasteiger charge is 2.25. The lowest BCUT2D eigenvalue weighted by molar-refractivity contribution is 0.572. The van der Waals surface area contributed by atoms with Gasteiger partial charge < -0.3 is 5.73 Å². The molecule has 6 heteroatoms. The fourth-order valence-electron chi connectivity index (χ4n) is 1.14. The second kappa shape index (κ2) is 4.53. The third kappa shape index (κ3) is 3.03. The minimum Gasteiger partial charge on any atom is -0.322 e. The molecule has 0 aliphatic carbocycles. The van der Waals surface area contributed by atoms with Crippen molar-refractivity contribution < 1.29 is 8.42 Å². The Kier molecular flexibility index (Phi) is 3.97. The summed E-state index contributed by atoms with van der Waals surface area (Å²) in [7, 11) is -3.09. The van der Waals surface area contributed by atoms with Gasteiger partial charge in [-0.05, 0) is 35.8 Å². The number of sulfone groups is 1. The first-order chi connectivity index (χ1) is 6.73. The first-order valence-corrected chi connectivity index (χ1v) is 8.00. The average molecular weight is 312 g/mol. The third-order valence-corrected chi connectivity index (χ3v) is 6.27. The van der Waals surface area contributed by atoms with Crippen molar-refractivity contribution in [3.05, 3.63) is 20.3 Å². The molecular weight excluding hydrogens is 298 g/mol. The van der Waals surface area contributed by atoms with Crippen LogP contribution >= 0.6 is 27.3 Å². The summed E-state index contributed by atoms with van der Waals surface area (Å²) in [5.41, 5.74) is 5.92. The largest absolute Gasteiger partial charge is 0.322 e. The van der Waals surface area contributed by atoms with E-state index in [0.717, 1.165) is 14.2 Å². The van der Waals surface area contributed by atoms with Crippen molar-refractivity contribution >= 4 is 37.1 Å². The van der Waals surface area contributed by atoms with Gasteiger partial charge in [-0.15, -0.1) is 11.3 Å². The predicted molar refractivity (Wildman–Crippen MR) is 68.0 cm³/mol. The summed E-state index contributed by atoms with van der Waals surface area (Å²) in [6.45, 7) is 3.61. The number of hydrogen-bond donors (Lipinski definition) is 1. The van der Waals surface area contributed by atoms with Crippen molar-refractivity contribution in [2.24, 2.45) is 5.73 Å². The van der Waals surface area contributed by atoms with Crippen LogP contribution < -0.4 is 5.73 Å². The number of thiophene rings is 1. The molecule has 1 rings (SSSR count). The maximum absolute atomic E-state index is 11.4. The molecule has 0 spiro atoms. The standard InChI is InChI=1S/C9H14BrNO2S2/c1-5-7(10)4-8(14-5)9(11)6(2)15(3,12)13/h4,6,9H,11H2,1-3H3. The normalized spacial score (nSPS) is 16.3. The van der Waals surface area contributed by atoms with Gasteiger partial charge in [0.2, 0.25) is 0 Å². The monoisotopic (exact) mass is 311 g/mol. The lowest BCUT2D eigenvalue weighted by Gasteiger charge is -2.16. The molecule has 0 aliphatic heterocycles. The zero-order chi connectivity index (χ0) is 11.8. The SMILES string of the molecule is Cc1sc(C(N)C(C)S(C)(=O)=O)cc1Br. The van der Waals surface area contributed by atoms with Crippen LogP contribution in [0.25, 0.3) is 0 Å². The summed E-state index contributed by atoms with van der Waals surface area (Å²) >= 11 is 4.92. The Hall–Kier alpha value is 0.0900. The van der Waals surface area contributed by atoms with E-state index in [0.29, 0.717) is 0 Å². The van der Waals surface area contributed by atoms with Gasteiger partial charge in [-0.3, -0.25) is 0 Å². The van der Waals surface area contributed by atoms with Gasteiger partial charge in [0.05, 0.1) is 11.3 Å². The Morgan fingerprint density at radius 3 is 2.40 bits per heavy atom. The molecular formula is C9H14BrNO2S2. The quantitative estimate of drug-likeness (QED) is 0.931. The van der Waals surface area contributed by atoms with Crippen LogP contribution in [-0.4, -0.2) is 19.9 Å². The maximum atomic E-state index is 11.4. The Morgan fingerprint density at radius 1 is 1.53 bits per heavy atom. The summed E-state index contributed by atoms with van der Waals surface area (Å²) in [6.07, 6.45) is 1.22. The predicted octanol–water partition coefficient (Wildman–Crippen LogP) is 2.25. The molecule has 0 aromatic carbocycles. The third-order valence-electron chi connectivity index (χ3n) is 2.39. The van der Waals surface area contributed by atoms with E-state index in [1.807, 2.05) is 13.0 Å². The fraction of sp³-hybridized carbons (Fsp3) is 0.556. The van der Waals surface area contributed by atoms with E-state index in [4.69, 9.17) is 5.73 Å². The van der Waals surface area contributed by atoms with Crippen LogP contribution in [0.5, 0.6) is 0 Å². The fourth-order valence-corrected chi connectivity index (χ4v) is 3.58. The van der Waals surface area contributed by atoms with Crippen molar-refractivity contribution in [1.29, 1.82) is 0 Å². The molecule has 0 fully saturated rings. The van der Waals surface area contributed by atoms with Crippen molar-refractivity contribution in [1.82, 2.24) is 0 Å². The molecule has 1 heterocycles. The first-order valence-electron chi connectivity index (χ1n) is 4.43. The second-order valence-corrected chi connectivity index (χ2v) is 8.16. The molecule has 0 bridgehead atoms. The van der Waals surface area contributed by atoms with E-state index in [1.165, 1.54) is 17.6 Å². The Balaban J connectivity index is 3.00. The molecule has 1 aromatic heterocycles. The molecule has 2 N–H and O–H groups in total. The zero-order valence-electron chi connectivity index (χ0n) is 8.82. The topological polar surface area (TPSA) is 60.2 Å². The van der Waals surface area contributed by atoms with Crippen LogP contribution in [0.2, 0.25) is 0 Å². The van der Waals surface area contributed by atoms with Gasteiger partial charge in [0, 0.05) is 20.5 Å². The van der Waals surface area contributed by atoms with Crippen LogP contribution in [0.15, 0.2) is 10.5 Å². The zero-order valence-corrected chi connectivity index (χ0v) is 12.0. The van der Waals surface area contributed by atoms with Gasteiger partial charge >= 0.3 is 0 Å². The van der Waals surface area contributed by atoms with Crippen LogP contribution in [0.1, 0.15) is 22.7 Å². The van der Waals surface area contributed by atoms with Crippen LogP contribution in [-0.2, 0) is 9.84 Å². The van der Waals surface area contributed by atoms with E-state index < -0.39 is 21.1 Å². The smallest absolute Gasteiger partial charge is 0.151 e. The Labute approximate surface area is 103 Å². The molecule has 2 atom stereocenters. The van der Waals surface area contributed by atoms with Crippen molar-refractivity contribution in [2.45, 2.75) is 25.1 Å². The number of hydrogen-bond acceptors (Lipinski definition) is 4. The molecule has 0 amide bonds. The molecule has 86 valence electrons.